The average molecular weight is 166 g/mol. The highest BCUT2D eigenvalue weighted by molar-refractivity contribution is 5.78. The Labute approximate surface area is 70.8 Å². The molecule has 0 aromatic rings. The number of nitriles is 1. The van der Waals surface area contributed by atoms with Crippen LogP contribution in [-0.2, 0) is 9.59 Å². The van der Waals surface area contributed by atoms with E-state index >= 15 is 0 Å². The van der Waals surface area contributed by atoms with Crippen LogP contribution in [0.5, 0.6) is 0 Å². The van der Waals surface area contributed by atoms with Crippen molar-refractivity contribution in [2.24, 2.45) is 5.92 Å². The van der Waals surface area contributed by atoms with Crippen molar-refractivity contribution in [1.29, 1.82) is 5.26 Å². The van der Waals surface area contributed by atoms with Crippen LogP contribution in [0, 0.1) is 17.2 Å². The molecular weight excluding hydrogens is 156 g/mol. The number of amides is 1. The van der Waals surface area contributed by atoms with Gasteiger partial charge in [0.15, 0.2) is 0 Å². The van der Waals surface area contributed by atoms with Crippen molar-refractivity contribution in [3.63, 3.8) is 0 Å². The first-order chi connectivity index (χ1) is 5.69. The number of aldehydes is 1. The van der Waals surface area contributed by atoms with E-state index in [2.05, 4.69) is 6.07 Å². The Morgan fingerprint density at radius 2 is 2.42 bits per heavy atom. The standard InChI is InChI=1S/C8H10N2O2/c1-6(12)10-4-7(3-9)2-8(10)5-11/h5,7-8H,2,4H2,1H3/t7?,8-/m0/s1. The van der Waals surface area contributed by atoms with E-state index in [-0.39, 0.29) is 17.9 Å². The summed E-state index contributed by atoms with van der Waals surface area (Å²) in [4.78, 5) is 22.9. The van der Waals surface area contributed by atoms with Crippen molar-refractivity contribution in [3.05, 3.63) is 0 Å². The van der Waals surface area contributed by atoms with Crippen molar-refractivity contribution >= 4 is 12.2 Å². The van der Waals surface area contributed by atoms with Gasteiger partial charge < -0.3 is 9.69 Å². The Hall–Kier alpha value is -1.37. The predicted octanol–water partition coefficient (Wildman–Crippen LogP) is -0.0541. The normalized spacial score (nSPS) is 28.2. The van der Waals surface area contributed by atoms with Gasteiger partial charge in [0, 0.05) is 13.5 Å². The quantitative estimate of drug-likeness (QED) is 0.513. The highest BCUT2D eigenvalue weighted by atomic mass is 16.2. The lowest BCUT2D eigenvalue weighted by molar-refractivity contribution is -0.132. The van der Waals surface area contributed by atoms with Crippen LogP contribution in [0.4, 0.5) is 0 Å². The molecule has 2 atom stereocenters. The van der Waals surface area contributed by atoms with Crippen LogP contribution in [0.15, 0.2) is 0 Å². The molecule has 0 N–H and O–H groups in total. The van der Waals surface area contributed by atoms with Gasteiger partial charge in [-0.15, -0.1) is 0 Å². The first-order valence-corrected chi connectivity index (χ1v) is 3.81. The third kappa shape index (κ3) is 1.45. The van der Waals surface area contributed by atoms with E-state index in [0.717, 1.165) is 6.29 Å². The molecule has 1 unspecified atom stereocenters. The van der Waals surface area contributed by atoms with Gasteiger partial charge in [0.05, 0.1) is 18.0 Å². The molecule has 0 aromatic heterocycles. The topological polar surface area (TPSA) is 61.2 Å². The molecule has 0 aromatic carbocycles. The van der Waals surface area contributed by atoms with Crippen LogP contribution in [-0.4, -0.2) is 29.7 Å². The zero-order chi connectivity index (χ0) is 9.14. The van der Waals surface area contributed by atoms with Gasteiger partial charge in [0.25, 0.3) is 0 Å². The SMILES string of the molecule is CC(=O)N1CC(C#N)C[C@H]1C=O. The lowest BCUT2D eigenvalue weighted by Gasteiger charge is -2.17. The molecular formula is C8H10N2O2. The Kier molecular flexibility index (Phi) is 2.44. The molecule has 1 amide bonds. The molecule has 1 fully saturated rings. The van der Waals surface area contributed by atoms with E-state index in [4.69, 9.17) is 5.26 Å². The maximum absolute atomic E-state index is 10.9. The fourth-order valence-electron chi connectivity index (χ4n) is 1.45. The molecule has 1 heterocycles. The van der Waals surface area contributed by atoms with Crippen molar-refractivity contribution in [3.8, 4) is 6.07 Å². The zero-order valence-corrected chi connectivity index (χ0v) is 6.86. The maximum atomic E-state index is 10.9. The van der Waals surface area contributed by atoms with Crippen LogP contribution < -0.4 is 0 Å². The summed E-state index contributed by atoms with van der Waals surface area (Å²) in [5, 5.41) is 8.57. The minimum absolute atomic E-state index is 0.134. The van der Waals surface area contributed by atoms with Gasteiger partial charge in [0.1, 0.15) is 6.29 Å². The first-order valence-electron chi connectivity index (χ1n) is 3.81. The van der Waals surface area contributed by atoms with E-state index in [1.807, 2.05) is 0 Å². The molecule has 0 aliphatic carbocycles. The van der Waals surface area contributed by atoms with E-state index in [0.29, 0.717) is 13.0 Å². The van der Waals surface area contributed by atoms with Crippen LogP contribution in [0.3, 0.4) is 0 Å². The number of hydrogen-bond acceptors (Lipinski definition) is 3. The van der Waals surface area contributed by atoms with Gasteiger partial charge in [-0.3, -0.25) is 4.79 Å². The molecule has 1 saturated heterocycles. The predicted molar refractivity (Wildman–Crippen MR) is 41.0 cm³/mol. The van der Waals surface area contributed by atoms with E-state index in [9.17, 15) is 9.59 Å². The second-order valence-electron chi connectivity index (χ2n) is 2.94. The fourth-order valence-corrected chi connectivity index (χ4v) is 1.45. The lowest BCUT2D eigenvalue weighted by Crippen LogP contribution is -2.34. The van der Waals surface area contributed by atoms with Crippen molar-refractivity contribution in [1.82, 2.24) is 4.90 Å². The highest BCUT2D eigenvalue weighted by Crippen LogP contribution is 2.20. The van der Waals surface area contributed by atoms with Crippen molar-refractivity contribution in [2.75, 3.05) is 6.54 Å². The summed E-state index contributed by atoms with van der Waals surface area (Å²) in [7, 11) is 0. The number of nitrogens with zero attached hydrogens (tertiary/aromatic N) is 2. The van der Waals surface area contributed by atoms with E-state index in [1.54, 1.807) is 0 Å². The molecule has 0 radical (unpaired) electrons. The summed E-state index contributed by atoms with van der Waals surface area (Å²) in [6.45, 7) is 1.81. The Morgan fingerprint density at radius 1 is 1.75 bits per heavy atom. The molecule has 64 valence electrons. The third-order valence-corrected chi connectivity index (χ3v) is 2.09. The summed E-state index contributed by atoms with van der Waals surface area (Å²) >= 11 is 0. The summed E-state index contributed by atoms with van der Waals surface area (Å²) in [5.41, 5.74) is 0. The van der Waals surface area contributed by atoms with Crippen LogP contribution in [0.1, 0.15) is 13.3 Å². The molecule has 1 aliphatic heterocycles. The second-order valence-corrected chi connectivity index (χ2v) is 2.94. The van der Waals surface area contributed by atoms with Crippen molar-refractivity contribution < 1.29 is 9.59 Å². The lowest BCUT2D eigenvalue weighted by atomic mass is 10.1. The molecule has 4 heteroatoms. The van der Waals surface area contributed by atoms with Crippen LogP contribution in [0.25, 0.3) is 0 Å². The molecule has 0 spiro atoms. The molecule has 1 aliphatic rings. The van der Waals surface area contributed by atoms with Gasteiger partial charge in [0.2, 0.25) is 5.91 Å². The maximum Gasteiger partial charge on any atom is 0.220 e. The molecule has 0 bridgehead atoms. The van der Waals surface area contributed by atoms with Crippen molar-refractivity contribution in [2.45, 2.75) is 19.4 Å². The summed E-state index contributed by atoms with van der Waals surface area (Å²) in [5.74, 6) is -0.311. The van der Waals surface area contributed by atoms with Crippen LogP contribution >= 0.6 is 0 Å². The van der Waals surface area contributed by atoms with Gasteiger partial charge in [-0.2, -0.15) is 5.26 Å². The smallest absolute Gasteiger partial charge is 0.220 e. The second kappa shape index (κ2) is 3.35. The fraction of sp³-hybridized carbons (Fsp3) is 0.625. The zero-order valence-electron chi connectivity index (χ0n) is 6.86. The number of carbonyl (C=O) groups excluding carboxylic acids is 2. The summed E-state index contributed by atoms with van der Waals surface area (Å²) in [6, 6.07) is 1.68. The molecule has 12 heavy (non-hydrogen) atoms. The van der Waals surface area contributed by atoms with E-state index < -0.39 is 0 Å². The van der Waals surface area contributed by atoms with E-state index in [1.165, 1.54) is 11.8 Å². The van der Waals surface area contributed by atoms with Gasteiger partial charge >= 0.3 is 0 Å². The number of carbonyl (C=O) groups is 2. The number of hydrogen-bond donors (Lipinski definition) is 0. The first kappa shape index (κ1) is 8.72. The summed E-state index contributed by atoms with van der Waals surface area (Å²) in [6.07, 6.45) is 1.22. The monoisotopic (exact) mass is 166 g/mol. The summed E-state index contributed by atoms with van der Waals surface area (Å²) < 4.78 is 0. The Balaban J connectivity index is 2.70. The number of likely N-dealkylation sites (tertiary alicyclic amines) is 1. The number of rotatable bonds is 1. The Bertz CT molecular complexity index is 244. The minimum atomic E-state index is -0.382. The largest absolute Gasteiger partial charge is 0.332 e. The molecule has 4 nitrogen and oxygen atoms in total. The third-order valence-electron chi connectivity index (χ3n) is 2.09. The minimum Gasteiger partial charge on any atom is -0.332 e. The molecule has 1 rings (SSSR count). The Morgan fingerprint density at radius 3 is 2.75 bits per heavy atom. The highest BCUT2D eigenvalue weighted by Gasteiger charge is 2.33. The molecule has 0 saturated carbocycles. The van der Waals surface area contributed by atoms with Gasteiger partial charge in [-0.25, -0.2) is 0 Å². The van der Waals surface area contributed by atoms with Gasteiger partial charge in [-0.1, -0.05) is 0 Å². The average Bonchev–Trinajstić information content (AvgIpc) is 2.47. The van der Waals surface area contributed by atoms with Crippen LogP contribution in [0.2, 0.25) is 0 Å². The van der Waals surface area contributed by atoms with Gasteiger partial charge in [-0.05, 0) is 6.42 Å².